The Morgan fingerprint density at radius 1 is 1.71 bits per heavy atom. The van der Waals surface area contributed by atoms with Crippen molar-refractivity contribution in [2.24, 2.45) is 5.41 Å². The summed E-state index contributed by atoms with van der Waals surface area (Å²) < 4.78 is 0. The number of carbonyl (C=O) groups is 1. The molecule has 0 radical (unpaired) electrons. The highest BCUT2D eigenvalue weighted by atomic mass is 35.5. The fourth-order valence-corrected chi connectivity index (χ4v) is 0.901. The molecule has 0 atom stereocenters. The second-order valence-electron chi connectivity index (χ2n) is 3.63. The number of nitrogens with zero attached hydrogens (tertiary/aromatic N) is 2. The molecule has 1 aromatic heterocycles. The van der Waals surface area contributed by atoms with Crippen LogP contribution in [0.1, 0.15) is 19.7 Å². The van der Waals surface area contributed by atoms with Gasteiger partial charge in [-0.25, -0.2) is 4.98 Å². The minimum absolute atomic E-state index is 0.0936. The summed E-state index contributed by atoms with van der Waals surface area (Å²) in [6, 6.07) is 0. The number of amides is 1. The molecule has 14 heavy (non-hydrogen) atoms. The smallest absolute Gasteiger partial charge is 0.227 e. The number of halogens is 1. The summed E-state index contributed by atoms with van der Waals surface area (Å²) in [5.41, 5.74) is -0.554. The van der Waals surface area contributed by atoms with E-state index in [0.29, 0.717) is 12.4 Å². The van der Waals surface area contributed by atoms with Crippen LogP contribution >= 0.6 is 11.6 Å². The van der Waals surface area contributed by atoms with Crippen molar-refractivity contribution in [1.82, 2.24) is 20.5 Å². The maximum absolute atomic E-state index is 11.5. The van der Waals surface area contributed by atoms with Crippen molar-refractivity contribution >= 4 is 17.5 Å². The molecule has 5 nitrogen and oxygen atoms in total. The van der Waals surface area contributed by atoms with Gasteiger partial charge in [-0.15, -0.1) is 11.6 Å². The number of aromatic nitrogens is 3. The van der Waals surface area contributed by atoms with Crippen molar-refractivity contribution in [3.8, 4) is 0 Å². The molecular formula is C8H13ClN4O. The molecule has 0 unspecified atom stereocenters. The molecule has 1 heterocycles. The second kappa shape index (κ2) is 4.41. The third kappa shape index (κ3) is 2.70. The lowest BCUT2D eigenvalue weighted by molar-refractivity contribution is -0.128. The largest absolute Gasteiger partial charge is 0.348 e. The van der Waals surface area contributed by atoms with Crippen LogP contribution in [-0.4, -0.2) is 27.0 Å². The Kier molecular flexibility index (Phi) is 3.46. The highest BCUT2D eigenvalue weighted by Gasteiger charge is 2.26. The molecule has 1 aromatic rings. The summed E-state index contributed by atoms with van der Waals surface area (Å²) in [5, 5.41) is 9.04. The SMILES string of the molecule is CC(C)(CCl)C(=O)NCc1ncn[nH]1. The van der Waals surface area contributed by atoms with Crippen molar-refractivity contribution < 1.29 is 4.79 Å². The van der Waals surface area contributed by atoms with E-state index in [0.717, 1.165) is 0 Å². The van der Waals surface area contributed by atoms with Crippen LogP contribution in [0.3, 0.4) is 0 Å². The van der Waals surface area contributed by atoms with Crippen molar-refractivity contribution in [1.29, 1.82) is 0 Å². The van der Waals surface area contributed by atoms with E-state index in [2.05, 4.69) is 20.5 Å². The Morgan fingerprint density at radius 3 is 2.93 bits per heavy atom. The molecule has 0 fully saturated rings. The molecule has 0 aromatic carbocycles. The lowest BCUT2D eigenvalue weighted by atomic mass is 9.95. The first-order valence-electron chi connectivity index (χ1n) is 4.25. The number of aromatic amines is 1. The molecular weight excluding hydrogens is 204 g/mol. The third-order valence-electron chi connectivity index (χ3n) is 1.83. The predicted molar refractivity (Wildman–Crippen MR) is 52.7 cm³/mol. The van der Waals surface area contributed by atoms with E-state index in [1.165, 1.54) is 6.33 Å². The quantitative estimate of drug-likeness (QED) is 0.728. The molecule has 1 rings (SSSR count). The molecule has 0 bridgehead atoms. The first-order valence-corrected chi connectivity index (χ1v) is 4.78. The number of rotatable bonds is 4. The van der Waals surface area contributed by atoms with Crippen LogP contribution in [0.2, 0.25) is 0 Å². The minimum atomic E-state index is -0.554. The van der Waals surface area contributed by atoms with Crippen LogP contribution in [0.5, 0.6) is 0 Å². The summed E-state index contributed by atoms with van der Waals surface area (Å²) in [4.78, 5) is 15.4. The Balaban J connectivity index is 2.43. The van der Waals surface area contributed by atoms with Crippen LogP contribution in [-0.2, 0) is 11.3 Å². The lowest BCUT2D eigenvalue weighted by Gasteiger charge is -2.19. The van der Waals surface area contributed by atoms with Crippen LogP contribution in [0, 0.1) is 5.41 Å². The minimum Gasteiger partial charge on any atom is -0.348 e. The topological polar surface area (TPSA) is 70.7 Å². The molecule has 6 heteroatoms. The molecule has 1 amide bonds. The summed E-state index contributed by atoms with van der Waals surface area (Å²) in [7, 11) is 0. The lowest BCUT2D eigenvalue weighted by Crippen LogP contribution is -2.37. The fourth-order valence-electron chi connectivity index (χ4n) is 0.780. The van der Waals surface area contributed by atoms with Gasteiger partial charge in [0.2, 0.25) is 5.91 Å². The van der Waals surface area contributed by atoms with Gasteiger partial charge in [0.25, 0.3) is 0 Å². The number of carbonyl (C=O) groups excluding carboxylic acids is 1. The summed E-state index contributed by atoms with van der Waals surface area (Å²) in [6.07, 6.45) is 1.40. The number of hydrogen-bond acceptors (Lipinski definition) is 3. The first kappa shape index (κ1) is 11.0. The van der Waals surface area contributed by atoms with Gasteiger partial charge in [-0.3, -0.25) is 9.89 Å². The van der Waals surface area contributed by atoms with E-state index < -0.39 is 5.41 Å². The highest BCUT2D eigenvalue weighted by molar-refractivity contribution is 6.19. The Hall–Kier alpha value is -1.10. The van der Waals surface area contributed by atoms with Crippen LogP contribution in [0.4, 0.5) is 0 Å². The van der Waals surface area contributed by atoms with Crippen LogP contribution in [0.25, 0.3) is 0 Å². The van der Waals surface area contributed by atoms with Gasteiger partial charge < -0.3 is 5.32 Å². The van der Waals surface area contributed by atoms with Gasteiger partial charge in [0.1, 0.15) is 12.2 Å². The molecule has 0 saturated carbocycles. The van der Waals surface area contributed by atoms with Crippen LogP contribution < -0.4 is 5.32 Å². The highest BCUT2D eigenvalue weighted by Crippen LogP contribution is 2.16. The summed E-state index contributed by atoms with van der Waals surface area (Å²) in [5.74, 6) is 0.822. The second-order valence-corrected chi connectivity index (χ2v) is 3.90. The summed E-state index contributed by atoms with van der Waals surface area (Å²) in [6.45, 7) is 3.92. The Labute approximate surface area is 87.3 Å². The van der Waals surface area contributed by atoms with E-state index in [4.69, 9.17) is 11.6 Å². The van der Waals surface area contributed by atoms with Gasteiger partial charge in [0, 0.05) is 5.88 Å². The van der Waals surface area contributed by atoms with Crippen molar-refractivity contribution in [2.45, 2.75) is 20.4 Å². The Bertz CT molecular complexity index is 296. The number of alkyl halides is 1. The maximum atomic E-state index is 11.5. The van der Waals surface area contributed by atoms with E-state index in [1.807, 2.05) is 0 Å². The van der Waals surface area contributed by atoms with E-state index in [-0.39, 0.29) is 11.8 Å². The number of H-pyrrole nitrogens is 1. The van der Waals surface area contributed by atoms with Crippen molar-refractivity contribution in [3.63, 3.8) is 0 Å². The zero-order valence-electron chi connectivity index (χ0n) is 8.17. The van der Waals surface area contributed by atoms with Crippen molar-refractivity contribution in [2.75, 3.05) is 5.88 Å². The Morgan fingerprint density at radius 2 is 2.43 bits per heavy atom. The average Bonchev–Trinajstić information content (AvgIpc) is 2.66. The summed E-state index contributed by atoms with van der Waals surface area (Å²) >= 11 is 5.65. The van der Waals surface area contributed by atoms with Crippen molar-refractivity contribution in [3.05, 3.63) is 12.2 Å². The van der Waals surface area contributed by atoms with E-state index in [9.17, 15) is 4.79 Å². The maximum Gasteiger partial charge on any atom is 0.227 e. The molecule has 2 N–H and O–H groups in total. The zero-order valence-corrected chi connectivity index (χ0v) is 8.93. The average molecular weight is 217 g/mol. The fraction of sp³-hybridized carbons (Fsp3) is 0.625. The number of hydrogen-bond donors (Lipinski definition) is 2. The zero-order chi connectivity index (χ0) is 10.6. The monoisotopic (exact) mass is 216 g/mol. The van der Waals surface area contributed by atoms with Gasteiger partial charge in [-0.05, 0) is 13.8 Å². The third-order valence-corrected chi connectivity index (χ3v) is 2.50. The first-order chi connectivity index (χ1) is 6.56. The predicted octanol–water partition coefficient (Wildman–Crippen LogP) is 0.686. The molecule has 78 valence electrons. The molecule has 0 aliphatic rings. The van der Waals surface area contributed by atoms with Gasteiger partial charge in [0.05, 0.1) is 12.0 Å². The van der Waals surface area contributed by atoms with Gasteiger partial charge >= 0.3 is 0 Å². The standard InChI is InChI=1S/C8H13ClN4O/c1-8(2,4-9)7(14)10-3-6-11-5-12-13-6/h5H,3-4H2,1-2H3,(H,10,14)(H,11,12,13). The molecule has 0 saturated heterocycles. The molecule has 0 aliphatic carbocycles. The van der Waals surface area contributed by atoms with Crippen LogP contribution in [0.15, 0.2) is 6.33 Å². The van der Waals surface area contributed by atoms with E-state index in [1.54, 1.807) is 13.8 Å². The van der Waals surface area contributed by atoms with Gasteiger partial charge in [0.15, 0.2) is 0 Å². The van der Waals surface area contributed by atoms with Gasteiger partial charge in [-0.2, -0.15) is 5.10 Å². The number of nitrogens with one attached hydrogen (secondary N) is 2. The van der Waals surface area contributed by atoms with Gasteiger partial charge in [-0.1, -0.05) is 0 Å². The normalized spacial score (nSPS) is 11.4. The molecule has 0 spiro atoms. The molecule has 0 aliphatic heterocycles. The van der Waals surface area contributed by atoms with E-state index >= 15 is 0 Å².